The van der Waals surface area contributed by atoms with Crippen molar-refractivity contribution in [2.24, 2.45) is 0 Å². The van der Waals surface area contributed by atoms with E-state index in [0.29, 0.717) is 6.04 Å². The predicted molar refractivity (Wildman–Crippen MR) is 55.7 cm³/mol. The van der Waals surface area contributed by atoms with Gasteiger partial charge in [-0.1, -0.05) is 0 Å². The van der Waals surface area contributed by atoms with Gasteiger partial charge in [-0.3, -0.25) is 4.68 Å². The molecule has 4 heteroatoms. The summed E-state index contributed by atoms with van der Waals surface area (Å²) in [6.07, 6.45) is 1.09. The maximum absolute atomic E-state index is 4.49. The SMILES string of the molecule is CC(C)n1nc(Br)c2c1CCNC2. The molecule has 13 heavy (non-hydrogen) atoms. The number of hydrogen-bond acceptors (Lipinski definition) is 2. The van der Waals surface area contributed by atoms with Crippen LogP contribution in [0.2, 0.25) is 0 Å². The van der Waals surface area contributed by atoms with Crippen LogP contribution in [0.5, 0.6) is 0 Å². The van der Waals surface area contributed by atoms with Gasteiger partial charge in [0.25, 0.3) is 0 Å². The monoisotopic (exact) mass is 243 g/mol. The molecule has 0 atom stereocenters. The molecule has 3 nitrogen and oxygen atoms in total. The first-order chi connectivity index (χ1) is 6.20. The van der Waals surface area contributed by atoms with Crippen LogP contribution in [0.1, 0.15) is 31.1 Å². The Bertz CT molecular complexity index is 317. The van der Waals surface area contributed by atoms with Gasteiger partial charge in [0.05, 0.1) is 0 Å². The van der Waals surface area contributed by atoms with Crippen LogP contribution in [0, 0.1) is 0 Å². The number of hydrogen-bond donors (Lipinski definition) is 1. The first kappa shape index (κ1) is 9.21. The highest BCUT2D eigenvalue weighted by atomic mass is 79.9. The minimum atomic E-state index is 0.457. The van der Waals surface area contributed by atoms with Gasteiger partial charge in [0.15, 0.2) is 0 Å². The van der Waals surface area contributed by atoms with E-state index < -0.39 is 0 Å². The van der Waals surface area contributed by atoms with Gasteiger partial charge < -0.3 is 5.32 Å². The minimum absolute atomic E-state index is 0.457. The highest BCUT2D eigenvalue weighted by molar-refractivity contribution is 9.10. The van der Waals surface area contributed by atoms with E-state index >= 15 is 0 Å². The standard InChI is InChI=1S/C9H14BrN3/c1-6(2)13-8-3-4-11-5-7(8)9(10)12-13/h6,11H,3-5H2,1-2H3. The molecule has 0 saturated carbocycles. The van der Waals surface area contributed by atoms with Crippen LogP contribution in [-0.2, 0) is 13.0 Å². The molecule has 0 radical (unpaired) electrons. The van der Waals surface area contributed by atoms with E-state index in [-0.39, 0.29) is 0 Å². The lowest BCUT2D eigenvalue weighted by molar-refractivity contribution is 0.492. The molecule has 0 spiro atoms. The quantitative estimate of drug-likeness (QED) is 0.817. The lowest BCUT2D eigenvalue weighted by atomic mass is 10.1. The molecule has 0 fully saturated rings. The molecule has 1 aromatic rings. The van der Waals surface area contributed by atoms with Crippen molar-refractivity contribution in [2.75, 3.05) is 6.54 Å². The Morgan fingerprint density at radius 2 is 2.31 bits per heavy atom. The van der Waals surface area contributed by atoms with E-state index in [1.165, 1.54) is 11.3 Å². The van der Waals surface area contributed by atoms with Crippen LogP contribution < -0.4 is 5.32 Å². The Hall–Kier alpha value is -0.350. The Morgan fingerprint density at radius 1 is 1.54 bits per heavy atom. The molecular weight excluding hydrogens is 230 g/mol. The first-order valence-electron chi connectivity index (χ1n) is 4.66. The molecule has 1 aliphatic rings. The maximum Gasteiger partial charge on any atom is 0.132 e. The third-order valence-corrected chi connectivity index (χ3v) is 3.04. The Balaban J connectivity index is 2.47. The molecule has 0 amide bonds. The van der Waals surface area contributed by atoms with Gasteiger partial charge >= 0.3 is 0 Å². The highest BCUT2D eigenvalue weighted by Gasteiger charge is 2.19. The van der Waals surface area contributed by atoms with Crippen molar-refractivity contribution in [3.05, 3.63) is 15.9 Å². The molecule has 1 N–H and O–H groups in total. The average molecular weight is 244 g/mol. The van der Waals surface area contributed by atoms with E-state index in [2.05, 4.69) is 44.9 Å². The second kappa shape index (κ2) is 3.42. The van der Waals surface area contributed by atoms with Crippen LogP contribution in [-0.4, -0.2) is 16.3 Å². The summed E-state index contributed by atoms with van der Waals surface area (Å²) in [6, 6.07) is 0.457. The van der Waals surface area contributed by atoms with Gasteiger partial charge in [-0.05, 0) is 29.8 Å². The Labute approximate surface area is 86.6 Å². The van der Waals surface area contributed by atoms with Gasteiger partial charge in [0.2, 0.25) is 0 Å². The predicted octanol–water partition coefficient (Wildman–Crippen LogP) is 1.87. The first-order valence-corrected chi connectivity index (χ1v) is 5.46. The lowest BCUT2D eigenvalue weighted by Crippen LogP contribution is -2.25. The van der Waals surface area contributed by atoms with Crippen molar-refractivity contribution in [1.29, 1.82) is 0 Å². The summed E-state index contributed by atoms with van der Waals surface area (Å²) in [7, 11) is 0. The zero-order valence-electron chi connectivity index (χ0n) is 7.97. The van der Waals surface area contributed by atoms with Crippen LogP contribution in [0.4, 0.5) is 0 Å². The van der Waals surface area contributed by atoms with Crippen molar-refractivity contribution in [3.8, 4) is 0 Å². The van der Waals surface area contributed by atoms with Gasteiger partial charge in [-0.25, -0.2) is 0 Å². The van der Waals surface area contributed by atoms with E-state index in [9.17, 15) is 0 Å². The summed E-state index contributed by atoms with van der Waals surface area (Å²) in [5, 5.41) is 7.84. The summed E-state index contributed by atoms with van der Waals surface area (Å²) < 4.78 is 3.13. The summed E-state index contributed by atoms with van der Waals surface area (Å²) in [5.74, 6) is 0. The second-order valence-corrected chi connectivity index (χ2v) is 4.43. The number of nitrogens with zero attached hydrogens (tertiary/aromatic N) is 2. The van der Waals surface area contributed by atoms with E-state index in [1.807, 2.05) is 0 Å². The number of rotatable bonds is 1. The van der Waals surface area contributed by atoms with Gasteiger partial charge in [-0.15, -0.1) is 0 Å². The smallest absolute Gasteiger partial charge is 0.132 e. The molecule has 1 aliphatic heterocycles. The Morgan fingerprint density at radius 3 is 3.00 bits per heavy atom. The van der Waals surface area contributed by atoms with Gasteiger partial charge in [0, 0.05) is 36.8 Å². The van der Waals surface area contributed by atoms with Gasteiger partial charge in [0.1, 0.15) is 4.60 Å². The fraction of sp³-hybridized carbons (Fsp3) is 0.667. The summed E-state index contributed by atoms with van der Waals surface area (Å²) in [6.45, 7) is 6.35. The topological polar surface area (TPSA) is 29.9 Å². The lowest BCUT2D eigenvalue weighted by Gasteiger charge is -2.16. The fourth-order valence-corrected chi connectivity index (χ4v) is 2.30. The van der Waals surface area contributed by atoms with Crippen LogP contribution >= 0.6 is 15.9 Å². The molecular formula is C9H14BrN3. The second-order valence-electron chi connectivity index (χ2n) is 3.68. The Kier molecular flexibility index (Phi) is 2.43. The summed E-state index contributed by atoms with van der Waals surface area (Å²) in [5.41, 5.74) is 2.72. The normalized spacial score (nSPS) is 16.3. The number of halogens is 1. The molecule has 0 bridgehead atoms. The van der Waals surface area contributed by atoms with Crippen LogP contribution in [0.3, 0.4) is 0 Å². The van der Waals surface area contributed by atoms with E-state index in [1.54, 1.807) is 0 Å². The van der Waals surface area contributed by atoms with Gasteiger partial charge in [-0.2, -0.15) is 5.10 Å². The molecule has 0 saturated heterocycles. The molecule has 1 aromatic heterocycles. The summed E-state index contributed by atoms with van der Waals surface area (Å²) in [4.78, 5) is 0. The van der Waals surface area contributed by atoms with Crippen molar-refractivity contribution >= 4 is 15.9 Å². The maximum atomic E-state index is 4.49. The van der Waals surface area contributed by atoms with Crippen molar-refractivity contribution in [2.45, 2.75) is 32.9 Å². The number of fused-ring (bicyclic) bond motifs is 1. The third kappa shape index (κ3) is 1.53. The number of aromatic nitrogens is 2. The molecule has 2 heterocycles. The van der Waals surface area contributed by atoms with E-state index in [4.69, 9.17) is 0 Å². The molecule has 2 rings (SSSR count). The fourth-order valence-electron chi connectivity index (χ4n) is 1.76. The summed E-state index contributed by atoms with van der Waals surface area (Å²) >= 11 is 3.50. The molecule has 0 unspecified atom stereocenters. The largest absolute Gasteiger partial charge is 0.312 e. The van der Waals surface area contributed by atoms with Crippen molar-refractivity contribution in [1.82, 2.24) is 15.1 Å². The molecule has 72 valence electrons. The number of nitrogens with one attached hydrogen (secondary N) is 1. The highest BCUT2D eigenvalue weighted by Crippen LogP contribution is 2.24. The van der Waals surface area contributed by atoms with Crippen molar-refractivity contribution in [3.63, 3.8) is 0 Å². The zero-order chi connectivity index (χ0) is 9.42. The van der Waals surface area contributed by atoms with Crippen molar-refractivity contribution < 1.29 is 0 Å². The van der Waals surface area contributed by atoms with Crippen LogP contribution in [0.15, 0.2) is 4.60 Å². The minimum Gasteiger partial charge on any atom is -0.312 e. The van der Waals surface area contributed by atoms with E-state index in [0.717, 1.165) is 24.1 Å². The molecule has 0 aliphatic carbocycles. The molecule has 0 aromatic carbocycles. The van der Waals surface area contributed by atoms with Crippen LogP contribution in [0.25, 0.3) is 0 Å². The zero-order valence-corrected chi connectivity index (χ0v) is 9.56. The average Bonchev–Trinajstić information content (AvgIpc) is 2.45. The third-order valence-electron chi connectivity index (χ3n) is 2.40.